The van der Waals surface area contributed by atoms with Gasteiger partial charge in [0.2, 0.25) is 5.88 Å². The summed E-state index contributed by atoms with van der Waals surface area (Å²) in [6.45, 7) is 11.1. The summed E-state index contributed by atoms with van der Waals surface area (Å²) < 4.78 is 13.4. The Morgan fingerprint density at radius 2 is 2.00 bits per heavy atom. The van der Waals surface area contributed by atoms with Crippen LogP contribution >= 0.6 is 22.9 Å². The molecule has 2 amide bonds. The van der Waals surface area contributed by atoms with Crippen LogP contribution in [-0.2, 0) is 6.54 Å². The van der Waals surface area contributed by atoms with E-state index in [1.165, 1.54) is 22.1 Å². The Labute approximate surface area is 237 Å². The van der Waals surface area contributed by atoms with E-state index >= 15 is 0 Å². The Hall–Kier alpha value is -2.89. The van der Waals surface area contributed by atoms with Gasteiger partial charge in [-0.15, -0.1) is 11.3 Å². The molecule has 2 aliphatic rings. The van der Waals surface area contributed by atoms with Gasteiger partial charge >= 0.3 is 6.09 Å². The molecule has 0 spiro atoms. The van der Waals surface area contributed by atoms with E-state index in [4.69, 9.17) is 20.9 Å². The molecule has 5 heterocycles. The van der Waals surface area contributed by atoms with Crippen LogP contribution in [0.3, 0.4) is 0 Å². The number of ether oxygens (including phenoxy) is 1. The van der Waals surface area contributed by atoms with Crippen LogP contribution in [0.5, 0.6) is 5.88 Å². The van der Waals surface area contributed by atoms with Gasteiger partial charge in [0, 0.05) is 49.4 Å². The number of thiophene rings is 1. The monoisotopic (exact) mass is 574 g/mol. The van der Waals surface area contributed by atoms with Gasteiger partial charge in [-0.25, -0.2) is 9.48 Å². The van der Waals surface area contributed by atoms with Crippen LogP contribution in [0.1, 0.15) is 69.6 Å². The summed E-state index contributed by atoms with van der Waals surface area (Å²) >= 11 is 7.45. The zero-order chi connectivity index (χ0) is 27.7. The molecule has 2 fully saturated rings. The maximum absolute atomic E-state index is 13.4. The predicted molar refractivity (Wildman–Crippen MR) is 149 cm³/mol. The van der Waals surface area contributed by atoms with Gasteiger partial charge in [-0.05, 0) is 65.5 Å². The van der Waals surface area contributed by atoms with E-state index in [1.54, 1.807) is 12.1 Å². The molecule has 39 heavy (non-hydrogen) atoms. The average Bonchev–Trinajstić information content (AvgIpc) is 3.67. The number of halogens is 1. The molecule has 10 nitrogen and oxygen atoms in total. The van der Waals surface area contributed by atoms with Crippen molar-refractivity contribution in [3.8, 4) is 16.5 Å². The third-order valence-corrected chi connectivity index (χ3v) is 8.82. The Bertz CT molecular complexity index is 1320. The van der Waals surface area contributed by atoms with E-state index in [9.17, 15) is 9.59 Å². The highest BCUT2D eigenvalue weighted by Crippen LogP contribution is 2.32. The Morgan fingerprint density at radius 1 is 1.23 bits per heavy atom. The van der Waals surface area contributed by atoms with Gasteiger partial charge in [-0.1, -0.05) is 16.8 Å². The van der Waals surface area contributed by atoms with E-state index < -0.39 is 6.09 Å². The van der Waals surface area contributed by atoms with Crippen LogP contribution in [0, 0.1) is 0 Å². The number of likely N-dealkylation sites (tertiary alicyclic amines) is 2. The van der Waals surface area contributed by atoms with Gasteiger partial charge in [0.15, 0.2) is 11.5 Å². The van der Waals surface area contributed by atoms with Crippen LogP contribution in [0.15, 0.2) is 28.8 Å². The summed E-state index contributed by atoms with van der Waals surface area (Å²) in [6.07, 6.45) is 3.02. The minimum Gasteiger partial charge on any atom is -0.391 e. The number of nitrogens with zero attached hydrogens (tertiary/aromatic N) is 5. The summed E-state index contributed by atoms with van der Waals surface area (Å²) in [5, 5.41) is 11.7. The maximum Gasteiger partial charge on any atom is 0.414 e. The van der Waals surface area contributed by atoms with Crippen molar-refractivity contribution in [2.45, 2.75) is 77.5 Å². The number of rotatable bonds is 7. The number of aromatic nitrogens is 3. The van der Waals surface area contributed by atoms with Gasteiger partial charge < -0.3 is 24.4 Å². The second-order valence-electron chi connectivity index (χ2n) is 11.1. The summed E-state index contributed by atoms with van der Waals surface area (Å²) in [5.74, 6) is 0.574. The number of hydrogen-bond donors (Lipinski definition) is 1. The molecular weight excluding hydrogens is 540 g/mol. The Kier molecular flexibility index (Phi) is 8.02. The maximum atomic E-state index is 13.4. The molecule has 0 aliphatic carbocycles. The normalized spacial score (nSPS) is 18.2. The average molecular weight is 575 g/mol. The number of amides is 2. The number of piperidine rings is 1. The molecule has 0 saturated carbocycles. The molecule has 1 N–H and O–H groups in total. The Balaban J connectivity index is 1.33. The second-order valence-corrected chi connectivity index (χ2v) is 12.8. The van der Waals surface area contributed by atoms with Crippen molar-refractivity contribution in [3.63, 3.8) is 0 Å². The lowest BCUT2D eigenvalue weighted by atomic mass is 10.0. The molecule has 3 aromatic rings. The van der Waals surface area contributed by atoms with Gasteiger partial charge in [0.25, 0.3) is 5.91 Å². The van der Waals surface area contributed by atoms with Crippen molar-refractivity contribution in [2.24, 2.45) is 0 Å². The minimum atomic E-state index is -0.561. The summed E-state index contributed by atoms with van der Waals surface area (Å²) in [4.78, 5) is 31.4. The molecule has 0 aromatic carbocycles. The molecule has 0 radical (unpaired) electrons. The highest BCUT2D eigenvalue weighted by molar-refractivity contribution is 7.19. The fourth-order valence-electron chi connectivity index (χ4n) is 5.28. The standard InChI is InChI=1S/C27H35ClN6O4S/c1-17(2)32-12-8-18(9-13-32)29-26(36)37-24-15-20(25(35)33-11-5-10-27(33,3)4)30-34(24)16-19-14-21(38-31-19)22-6-7-23(28)39-22/h6-7,14-15,17-18H,5,8-13,16H2,1-4H3,(H,29,36). The van der Waals surface area contributed by atoms with Crippen molar-refractivity contribution in [1.29, 1.82) is 0 Å². The van der Waals surface area contributed by atoms with E-state index in [0.717, 1.165) is 43.6 Å². The first kappa shape index (κ1) is 27.7. The van der Waals surface area contributed by atoms with E-state index in [1.807, 2.05) is 11.0 Å². The van der Waals surface area contributed by atoms with Crippen molar-refractivity contribution >= 4 is 34.9 Å². The van der Waals surface area contributed by atoms with Gasteiger partial charge in [-0.2, -0.15) is 5.10 Å². The number of carbonyl (C=O) groups is 2. The highest BCUT2D eigenvalue weighted by Gasteiger charge is 2.37. The van der Waals surface area contributed by atoms with Gasteiger partial charge in [0.05, 0.1) is 15.8 Å². The molecule has 0 atom stereocenters. The van der Waals surface area contributed by atoms with Crippen LogP contribution in [0.4, 0.5) is 4.79 Å². The highest BCUT2D eigenvalue weighted by atomic mass is 35.5. The van der Waals surface area contributed by atoms with Crippen LogP contribution in [0.25, 0.3) is 10.6 Å². The topological polar surface area (TPSA) is 106 Å². The van der Waals surface area contributed by atoms with Gasteiger partial charge in [-0.3, -0.25) is 4.79 Å². The van der Waals surface area contributed by atoms with Crippen molar-refractivity contribution < 1.29 is 18.8 Å². The molecule has 210 valence electrons. The quantitative estimate of drug-likeness (QED) is 0.409. The number of nitrogens with one attached hydrogen (secondary N) is 1. The first-order valence-corrected chi connectivity index (χ1v) is 14.6. The third-order valence-electron chi connectivity index (χ3n) is 7.57. The van der Waals surface area contributed by atoms with Crippen LogP contribution in [-0.4, -0.2) is 74.0 Å². The van der Waals surface area contributed by atoms with Crippen LogP contribution in [0.2, 0.25) is 4.34 Å². The predicted octanol–water partition coefficient (Wildman–Crippen LogP) is 5.28. The first-order chi connectivity index (χ1) is 18.6. The molecule has 2 saturated heterocycles. The summed E-state index contributed by atoms with van der Waals surface area (Å²) in [5.41, 5.74) is 0.545. The fraction of sp³-hybridized carbons (Fsp3) is 0.556. The molecule has 12 heteroatoms. The molecular formula is C27H35ClN6O4S. The zero-order valence-electron chi connectivity index (χ0n) is 22.8. The first-order valence-electron chi connectivity index (χ1n) is 13.4. The van der Waals surface area contributed by atoms with Crippen LogP contribution < -0.4 is 10.1 Å². The largest absolute Gasteiger partial charge is 0.414 e. The van der Waals surface area contributed by atoms with Crippen molar-refractivity contribution in [3.05, 3.63) is 40.0 Å². The summed E-state index contributed by atoms with van der Waals surface area (Å²) in [6, 6.07) is 7.51. The molecule has 0 bridgehead atoms. The number of hydrogen-bond acceptors (Lipinski definition) is 8. The lowest BCUT2D eigenvalue weighted by Gasteiger charge is -2.34. The second kappa shape index (κ2) is 11.3. The number of carbonyl (C=O) groups excluding carboxylic acids is 2. The minimum absolute atomic E-state index is 0.0334. The molecule has 2 aliphatic heterocycles. The Morgan fingerprint density at radius 3 is 2.64 bits per heavy atom. The molecule has 5 rings (SSSR count). The van der Waals surface area contributed by atoms with Crippen molar-refractivity contribution in [1.82, 2.24) is 30.1 Å². The fourth-order valence-corrected chi connectivity index (χ4v) is 6.27. The van der Waals surface area contributed by atoms with E-state index in [0.29, 0.717) is 28.4 Å². The SMILES string of the molecule is CC(C)N1CCC(NC(=O)Oc2cc(C(=O)N3CCCC3(C)C)nn2Cc2cc(-c3ccc(Cl)s3)on2)CC1. The smallest absolute Gasteiger partial charge is 0.391 e. The lowest BCUT2D eigenvalue weighted by Crippen LogP contribution is -2.47. The van der Waals surface area contributed by atoms with Crippen molar-refractivity contribution in [2.75, 3.05) is 19.6 Å². The molecule has 3 aromatic heterocycles. The van der Waals surface area contributed by atoms with E-state index in [2.05, 4.69) is 48.2 Å². The van der Waals surface area contributed by atoms with Gasteiger partial charge in [0.1, 0.15) is 5.69 Å². The molecule has 0 unspecified atom stereocenters. The summed E-state index contributed by atoms with van der Waals surface area (Å²) in [7, 11) is 0. The lowest BCUT2D eigenvalue weighted by molar-refractivity contribution is 0.0644. The third kappa shape index (κ3) is 6.31. The van der Waals surface area contributed by atoms with E-state index in [-0.39, 0.29) is 35.6 Å². The zero-order valence-corrected chi connectivity index (χ0v) is 24.3.